The lowest BCUT2D eigenvalue weighted by atomic mass is 9.99. The third kappa shape index (κ3) is 2.68. The van der Waals surface area contributed by atoms with Crippen molar-refractivity contribution in [1.29, 1.82) is 0 Å². The highest BCUT2D eigenvalue weighted by Crippen LogP contribution is 2.25. The Balaban J connectivity index is 3.09. The van der Waals surface area contributed by atoms with Gasteiger partial charge < -0.3 is 15.9 Å². The molecule has 2 unspecified atom stereocenters. The number of aliphatic hydroxyl groups is 2. The van der Waals surface area contributed by atoms with E-state index in [1.54, 1.807) is 6.92 Å². The average Bonchev–Trinajstić information content (AvgIpc) is 2.21. The zero-order valence-corrected chi connectivity index (χ0v) is 9.83. The van der Waals surface area contributed by atoms with Crippen LogP contribution in [0.15, 0.2) is 12.1 Å². The molecule has 0 aliphatic carbocycles. The second-order valence-electron chi connectivity index (χ2n) is 3.40. The van der Waals surface area contributed by atoms with E-state index in [2.05, 4.69) is 15.9 Å². The summed E-state index contributed by atoms with van der Waals surface area (Å²) in [5, 5.41) is 19.3. The number of aliphatic hydroxyl groups excluding tert-OH is 2. The molecule has 0 fully saturated rings. The van der Waals surface area contributed by atoms with E-state index in [1.807, 2.05) is 0 Å². The molecule has 0 amide bonds. The molecule has 4 N–H and O–H groups in total. The molecular weight excluding hydrogens is 265 g/mol. The zero-order valence-electron chi connectivity index (χ0n) is 8.24. The van der Waals surface area contributed by atoms with Crippen molar-refractivity contribution in [2.45, 2.75) is 19.1 Å². The Morgan fingerprint density at radius 1 is 1.47 bits per heavy atom. The van der Waals surface area contributed by atoms with Gasteiger partial charge in [-0.1, -0.05) is 15.9 Å². The number of hydrogen-bond acceptors (Lipinski definition) is 3. The summed E-state index contributed by atoms with van der Waals surface area (Å²) < 4.78 is 13.2. The molecule has 84 valence electrons. The molecule has 15 heavy (non-hydrogen) atoms. The smallest absolute Gasteiger partial charge is 0.146 e. The van der Waals surface area contributed by atoms with Crippen LogP contribution in [0.4, 0.5) is 10.1 Å². The van der Waals surface area contributed by atoms with Crippen molar-refractivity contribution in [3.8, 4) is 0 Å². The first-order valence-electron chi connectivity index (χ1n) is 4.45. The summed E-state index contributed by atoms with van der Waals surface area (Å²) >= 11 is 3.04. The van der Waals surface area contributed by atoms with Gasteiger partial charge in [0.2, 0.25) is 0 Å². The number of benzene rings is 1. The predicted molar refractivity (Wildman–Crippen MR) is 60.3 cm³/mol. The molecule has 1 rings (SSSR count). The van der Waals surface area contributed by atoms with Gasteiger partial charge in [0, 0.05) is 5.33 Å². The number of alkyl halides is 1. The molecule has 0 aromatic heterocycles. The van der Waals surface area contributed by atoms with E-state index in [-0.39, 0.29) is 11.0 Å². The Morgan fingerprint density at radius 2 is 2.07 bits per heavy atom. The molecule has 1 aromatic rings. The lowest BCUT2D eigenvalue weighted by Gasteiger charge is -2.18. The summed E-state index contributed by atoms with van der Waals surface area (Å²) in [6.45, 7) is 1.70. The zero-order chi connectivity index (χ0) is 11.6. The topological polar surface area (TPSA) is 66.5 Å². The standard InChI is InChI=1S/C10H13BrFNO2/c1-5-2-8(13)7(12)3-6(5)10(15)9(14)4-11/h2-3,9-10,14-15H,4,13H2,1H3. The highest BCUT2D eigenvalue weighted by Gasteiger charge is 2.20. The quantitative estimate of drug-likeness (QED) is 0.580. The summed E-state index contributed by atoms with van der Waals surface area (Å²) in [5.74, 6) is -0.587. The number of anilines is 1. The molecule has 0 radical (unpaired) electrons. The molecule has 1 aromatic carbocycles. The summed E-state index contributed by atoms with van der Waals surface area (Å²) in [4.78, 5) is 0. The lowest BCUT2D eigenvalue weighted by molar-refractivity contribution is 0.0337. The van der Waals surface area contributed by atoms with Crippen LogP contribution in [0.25, 0.3) is 0 Å². The van der Waals surface area contributed by atoms with Crippen molar-refractivity contribution >= 4 is 21.6 Å². The number of hydrogen-bond donors (Lipinski definition) is 3. The summed E-state index contributed by atoms with van der Waals surface area (Å²) in [5.41, 5.74) is 6.42. The van der Waals surface area contributed by atoms with Gasteiger partial charge in [-0.15, -0.1) is 0 Å². The van der Waals surface area contributed by atoms with Crippen LogP contribution < -0.4 is 5.73 Å². The Kier molecular flexibility index (Phi) is 4.07. The third-order valence-electron chi connectivity index (χ3n) is 2.23. The Hall–Kier alpha value is -0.650. The van der Waals surface area contributed by atoms with E-state index in [4.69, 9.17) is 5.73 Å². The van der Waals surface area contributed by atoms with Crippen molar-refractivity contribution in [2.24, 2.45) is 0 Å². The maximum atomic E-state index is 13.2. The molecule has 0 saturated heterocycles. The Labute approximate surface area is 95.9 Å². The maximum absolute atomic E-state index is 13.2. The van der Waals surface area contributed by atoms with Crippen LogP contribution in [0, 0.1) is 12.7 Å². The second-order valence-corrected chi connectivity index (χ2v) is 4.04. The van der Waals surface area contributed by atoms with Gasteiger partial charge in [-0.2, -0.15) is 0 Å². The predicted octanol–water partition coefficient (Wildman–Crippen LogP) is 1.51. The molecule has 2 atom stereocenters. The van der Waals surface area contributed by atoms with Crippen LogP contribution >= 0.6 is 15.9 Å². The van der Waals surface area contributed by atoms with E-state index < -0.39 is 18.0 Å². The van der Waals surface area contributed by atoms with E-state index >= 15 is 0 Å². The van der Waals surface area contributed by atoms with Crippen molar-refractivity contribution in [2.75, 3.05) is 11.1 Å². The fraction of sp³-hybridized carbons (Fsp3) is 0.400. The minimum Gasteiger partial charge on any atom is -0.396 e. The van der Waals surface area contributed by atoms with Gasteiger partial charge in [0.1, 0.15) is 11.9 Å². The lowest BCUT2D eigenvalue weighted by Crippen LogP contribution is -2.20. The molecule has 3 nitrogen and oxygen atoms in total. The normalized spacial score (nSPS) is 15.0. The van der Waals surface area contributed by atoms with Crippen molar-refractivity contribution < 1.29 is 14.6 Å². The first kappa shape index (κ1) is 12.4. The summed E-state index contributed by atoms with van der Waals surface area (Å²) in [6.07, 6.45) is -2.08. The molecule has 0 spiro atoms. The fourth-order valence-electron chi connectivity index (χ4n) is 1.33. The van der Waals surface area contributed by atoms with Crippen molar-refractivity contribution in [3.63, 3.8) is 0 Å². The number of rotatable bonds is 3. The third-order valence-corrected chi connectivity index (χ3v) is 2.89. The first-order valence-corrected chi connectivity index (χ1v) is 5.57. The van der Waals surface area contributed by atoms with Crippen molar-refractivity contribution in [3.05, 3.63) is 29.1 Å². The molecule has 0 bridgehead atoms. The second kappa shape index (κ2) is 4.92. The number of nitrogens with two attached hydrogens (primary N) is 1. The van der Waals surface area contributed by atoms with Crippen LogP contribution in [0.1, 0.15) is 17.2 Å². The van der Waals surface area contributed by atoms with Gasteiger partial charge >= 0.3 is 0 Å². The number of halogens is 2. The number of aryl methyl sites for hydroxylation is 1. The summed E-state index contributed by atoms with van der Waals surface area (Å²) in [7, 11) is 0. The molecular formula is C10H13BrFNO2. The van der Waals surface area contributed by atoms with Crippen LogP contribution in [0.5, 0.6) is 0 Å². The van der Waals surface area contributed by atoms with Crippen LogP contribution in [-0.4, -0.2) is 21.6 Å². The fourth-order valence-corrected chi connectivity index (χ4v) is 1.68. The SMILES string of the molecule is Cc1cc(N)c(F)cc1C(O)C(O)CBr. The van der Waals surface area contributed by atoms with Crippen molar-refractivity contribution in [1.82, 2.24) is 0 Å². The molecule has 0 aliphatic rings. The number of nitrogen functional groups attached to an aromatic ring is 1. The molecule has 0 saturated carbocycles. The monoisotopic (exact) mass is 277 g/mol. The highest BCUT2D eigenvalue weighted by molar-refractivity contribution is 9.09. The molecule has 5 heteroatoms. The Bertz CT molecular complexity index is 360. The van der Waals surface area contributed by atoms with Crippen LogP contribution in [-0.2, 0) is 0 Å². The van der Waals surface area contributed by atoms with E-state index in [0.29, 0.717) is 11.1 Å². The van der Waals surface area contributed by atoms with Gasteiger partial charge in [0.05, 0.1) is 11.8 Å². The van der Waals surface area contributed by atoms with E-state index in [0.717, 1.165) is 6.07 Å². The molecule has 0 aliphatic heterocycles. The average molecular weight is 278 g/mol. The van der Waals surface area contributed by atoms with Crippen LogP contribution in [0.3, 0.4) is 0 Å². The van der Waals surface area contributed by atoms with Gasteiger partial charge in [-0.25, -0.2) is 4.39 Å². The van der Waals surface area contributed by atoms with E-state index in [9.17, 15) is 14.6 Å². The first-order chi connectivity index (χ1) is 6.97. The van der Waals surface area contributed by atoms with E-state index in [1.165, 1.54) is 6.07 Å². The largest absolute Gasteiger partial charge is 0.396 e. The summed E-state index contributed by atoms with van der Waals surface area (Å²) in [6, 6.07) is 2.59. The van der Waals surface area contributed by atoms with Crippen LogP contribution in [0.2, 0.25) is 0 Å². The minimum atomic E-state index is -1.11. The van der Waals surface area contributed by atoms with Gasteiger partial charge in [0.15, 0.2) is 0 Å². The van der Waals surface area contributed by atoms with Gasteiger partial charge in [-0.05, 0) is 30.2 Å². The van der Waals surface area contributed by atoms with Gasteiger partial charge in [-0.3, -0.25) is 0 Å². The molecule has 0 heterocycles. The Morgan fingerprint density at radius 3 is 2.60 bits per heavy atom. The maximum Gasteiger partial charge on any atom is 0.146 e. The highest BCUT2D eigenvalue weighted by atomic mass is 79.9. The van der Waals surface area contributed by atoms with Gasteiger partial charge in [0.25, 0.3) is 0 Å². The minimum absolute atomic E-state index is 0.0387.